The molecule has 0 heterocycles. The normalized spacial score (nSPS) is 15.9. The molecule has 0 radical (unpaired) electrons. The molecule has 0 aliphatic heterocycles. The monoisotopic (exact) mass is 484 g/mol. The Morgan fingerprint density at radius 3 is 2.30 bits per heavy atom. The SMILES string of the molecule is COc1ccc(N(C)S(=O)(=O)c2ccccc2-c2ccc(Cl)cc2)c2c1C[C@@H](N(C)C)CC2. The van der Waals surface area contributed by atoms with Crippen molar-refractivity contribution in [1.29, 1.82) is 0 Å². The van der Waals surface area contributed by atoms with Gasteiger partial charge in [-0.1, -0.05) is 41.9 Å². The number of halogens is 1. The lowest BCUT2D eigenvalue weighted by Crippen LogP contribution is -2.35. The fraction of sp³-hybridized carbons (Fsp3) is 0.308. The Morgan fingerprint density at radius 2 is 1.64 bits per heavy atom. The predicted octanol–water partition coefficient (Wildman–Crippen LogP) is 5.26. The zero-order valence-corrected chi connectivity index (χ0v) is 20.9. The highest BCUT2D eigenvalue weighted by Crippen LogP contribution is 2.39. The minimum atomic E-state index is -3.81. The molecule has 0 bridgehead atoms. The topological polar surface area (TPSA) is 49.9 Å². The van der Waals surface area contributed by atoms with Gasteiger partial charge in [0.1, 0.15) is 5.75 Å². The maximum Gasteiger partial charge on any atom is 0.264 e. The van der Waals surface area contributed by atoms with Gasteiger partial charge in [-0.3, -0.25) is 4.31 Å². The second-order valence-electron chi connectivity index (χ2n) is 8.58. The van der Waals surface area contributed by atoms with E-state index in [1.165, 1.54) is 4.31 Å². The number of anilines is 1. The first kappa shape index (κ1) is 23.6. The minimum absolute atomic E-state index is 0.265. The Labute approximate surface area is 201 Å². The smallest absolute Gasteiger partial charge is 0.264 e. The van der Waals surface area contributed by atoms with Crippen LogP contribution in [-0.2, 0) is 22.9 Å². The number of rotatable bonds is 6. The van der Waals surface area contributed by atoms with Crippen LogP contribution >= 0.6 is 11.6 Å². The van der Waals surface area contributed by atoms with Crippen LogP contribution in [0.5, 0.6) is 5.75 Å². The van der Waals surface area contributed by atoms with Crippen molar-refractivity contribution in [3.63, 3.8) is 0 Å². The first-order valence-corrected chi connectivity index (χ1v) is 12.7. The van der Waals surface area contributed by atoms with Gasteiger partial charge < -0.3 is 9.64 Å². The van der Waals surface area contributed by atoms with Crippen LogP contribution in [0, 0.1) is 0 Å². The summed E-state index contributed by atoms with van der Waals surface area (Å²) in [4.78, 5) is 2.49. The largest absolute Gasteiger partial charge is 0.496 e. The van der Waals surface area contributed by atoms with Crippen LogP contribution in [0.3, 0.4) is 0 Å². The molecule has 174 valence electrons. The van der Waals surface area contributed by atoms with Gasteiger partial charge in [0, 0.05) is 29.2 Å². The standard InChI is InChI=1S/C26H29ClN2O3S/c1-28(2)20-13-14-22-23(17-20)25(32-4)16-15-24(22)29(3)33(30,31)26-8-6-5-7-21(26)18-9-11-19(27)12-10-18/h5-12,15-16,20H,13-14,17H2,1-4H3/t20-/m0/s1. The minimum Gasteiger partial charge on any atom is -0.496 e. The molecule has 0 fully saturated rings. The molecule has 0 aromatic heterocycles. The van der Waals surface area contributed by atoms with Crippen LogP contribution < -0.4 is 9.04 Å². The van der Waals surface area contributed by atoms with Crippen molar-refractivity contribution in [2.45, 2.75) is 30.2 Å². The summed E-state index contributed by atoms with van der Waals surface area (Å²) in [5.41, 5.74) is 4.29. The van der Waals surface area contributed by atoms with Crippen LogP contribution in [0.1, 0.15) is 17.5 Å². The highest BCUT2D eigenvalue weighted by Gasteiger charge is 2.31. The Bertz CT molecular complexity index is 1260. The van der Waals surface area contributed by atoms with Gasteiger partial charge in [0.25, 0.3) is 10.0 Å². The highest BCUT2D eigenvalue weighted by atomic mass is 35.5. The van der Waals surface area contributed by atoms with E-state index in [-0.39, 0.29) is 4.90 Å². The molecule has 1 aliphatic carbocycles. The Kier molecular flexibility index (Phi) is 6.71. The van der Waals surface area contributed by atoms with E-state index < -0.39 is 10.0 Å². The molecule has 1 aliphatic rings. The molecule has 33 heavy (non-hydrogen) atoms. The average molecular weight is 485 g/mol. The van der Waals surface area contributed by atoms with Crippen molar-refractivity contribution < 1.29 is 13.2 Å². The van der Waals surface area contributed by atoms with Gasteiger partial charge >= 0.3 is 0 Å². The molecular weight excluding hydrogens is 456 g/mol. The lowest BCUT2D eigenvalue weighted by molar-refractivity contribution is 0.264. The van der Waals surface area contributed by atoms with Crippen LogP contribution in [-0.4, -0.2) is 47.6 Å². The van der Waals surface area contributed by atoms with Crippen molar-refractivity contribution in [2.75, 3.05) is 32.6 Å². The molecule has 0 saturated carbocycles. The van der Waals surface area contributed by atoms with Crippen LogP contribution in [0.4, 0.5) is 5.69 Å². The summed E-state index contributed by atoms with van der Waals surface area (Å²) in [6, 6.07) is 18.4. The van der Waals surface area contributed by atoms with Gasteiger partial charge in [-0.2, -0.15) is 0 Å². The second kappa shape index (κ2) is 9.37. The third kappa shape index (κ3) is 4.47. The number of hydrogen-bond acceptors (Lipinski definition) is 4. The van der Waals surface area contributed by atoms with Gasteiger partial charge in [0.05, 0.1) is 17.7 Å². The van der Waals surface area contributed by atoms with Crippen molar-refractivity contribution in [3.05, 3.63) is 76.8 Å². The molecule has 3 aromatic carbocycles. The Morgan fingerprint density at radius 1 is 0.939 bits per heavy atom. The van der Waals surface area contributed by atoms with E-state index in [0.717, 1.165) is 41.7 Å². The molecule has 0 N–H and O–H groups in total. The second-order valence-corrected chi connectivity index (χ2v) is 11.0. The molecule has 7 heteroatoms. The lowest BCUT2D eigenvalue weighted by atomic mass is 9.86. The molecule has 3 aromatic rings. The van der Waals surface area contributed by atoms with E-state index in [0.29, 0.717) is 22.3 Å². The number of ether oxygens (including phenoxy) is 1. The number of hydrogen-bond donors (Lipinski definition) is 0. The first-order chi connectivity index (χ1) is 15.7. The van der Waals surface area contributed by atoms with E-state index in [1.54, 1.807) is 38.4 Å². The summed E-state index contributed by atoms with van der Waals surface area (Å²) >= 11 is 6.04. The van der Waals surface area contributed by atoms with Gasteiger partial charge in [-0.15, -0.1) is 0 Å². The Balaban J connectivity index is 1.79. The molecule has 4 rings (SSSR count). The summed E-state index contributed by atoms with van der Waals surface area (Å²) in [7, 11) is 3.64. The summed E-state index contributed by atoms with van der Waals surface area (Å²) in [5.74, 6) is 0.813. The number of fused-ring (bicyclic) bond motifs is 1. The van der Waals surface area contributed by atoms with Crippen molar-refractivity contribution >= 4 is 27.3 Å². The molecule has 0 amide bonds. The molecule has 0 spiro atoms. The lowest BCUT2D eigenvalue weighted by Gasteiger charge is -2.33. The number of sulfonamides is 1. The van der Waals surface area contributed by atoms with Gasteiger partial charge in [0.2, 0.25) is 0 Å². The summed E-state index contributed by atoms with van der Waals surface area (Å²) < 4.78 is 34.8. The summed E-state index contributed by atoms with van der Waals surface area (Å²) in [6.07, 6.45) is 2.59. The van der Waals surface area contributed by atoms with Gasteiger partial charge in [-0.25, -0.2) is 8.42 Å². The maximum absolute atomic E-state index is 13.9. The fourth-order valence-corrected chi connectivity index (χ4v) is 6.14. The van der Waals surface area contributed by atoms with Crippen LogP contribution in [0.15, 0.2) is 65.6 Å². The van der Waals surface area contributed by atoms with Crippen molar-refractivity contribution in [2.24, 2.45) is 0 Å². The number of nitrogens with zero attached hydrogens (tertiary/aromatic N) is 2. The zero-order chi connectivity index (χ0) is 23.8. The number of benzene rings is 3. The third-order valence-corrected chi connectivity index (χ3v) is 8.58. The van der Waals surface area contributed by atoms with E-state index in [2.05, 4.69) is 19.0 Å². The van der Waals surface area contributed by atoms with Crippen LogP contribution in [0.25, 0.3) is 11.1 Å². The summed E-state index contributed by atoms with van der Waals surface area (Å²) in [5, 5.41) is 0.608. The van der Waals surface area contributed by atoms with Gasteiger partial charge in [-0.05, 0) is 74.8 Å². The molecule has 0 unspecified atom stereocenters. The number of likely N-dealkylation sites (N-methyl/N-ethyl adjacent to an activating group) is 1. The predicted molar refractivity (Wildman–Crippen MR) is 135 cm³/mol. The first-order valence-electron chi connectivity index (χ1n) is 10.9. The van der Waals surface area contributed by atoms with Gasteiger partial charge in [0.15, 0.2) is 0 Å². The van der Waals surface area contributed by atoms with Crippen molar-refractivity contribution in [3.8, 4) is 16.9 Å². The third-order valence-electron chi connectivity index (χ3n) is 6.50. The average Bonchev–Trinajstić information content (AvgIpc) is 2.83. The maximum atomic E-state index is 13.9. The molecule has 5 nitrogen and oxygen atoms in total. The van der Waals surface area contributed by atoms with Crippen LogP contribution in [0.2, 0.25) is 5.02 Å². The Hall–Kier alpha value is -2.54. The quantitative estimate of drug-likeness (QED) is 0.479. The number of methoxy groups -OCH3 is 1. The van der Waals surface area contributed by atoms with E-state index in [4.69, 9.17) is 16.3 Å². The molecule has 1 atom stereocenters. The summed E-state index contributed by atoms with van der Waals surface area (Å²) in [6.45, 7) is 0. The van der Waals surface area contributed by atoms with E-state index in [1.807, 2.05) is 36.4 Å². The van der Waals surface area contributed by atoms with E-state index >= 15 is 0 Å². The van der Waals surface area contributed by atoms with Crippen molar-refractivity contribution in [1.82, 2.24) is 4.90 Å². The molecule has 0 saturated heterocycles. The molecular formula is C26H29ClN2O3S. The highest BCUT2D eigenvalue weighted by molar-refractivity contribution is 7.93. The van der Waals surface area contributed by atoms with E-state index in [9.17, 15) is 8.42 Å². The fourth-order valence-electron chi connectivity index (χ4n) is 4.57. The zero-order valence-electron chi connectivity index (χ0n) is 19.4.